The summed E-state index contributed by atoms with van der Waals surface area (Å²) in [5, 5.41) is 10.0. The number of benzene rings is 2. The lowest BCUT2D eigenvalue weighted by molar-refractivity contribution is 0.0333. The van der Waals surface area contributed by atoms with Crippen LogP contribution in [0.15, 0.2) is 41.2 Å². The number of amides is 1. The van der Waals surface area contributed by atoms with Gasteiger partial charge in [0.15, 0.2) is 11.6 Å². The average Bonchev–Trinajstić information content (AvgIpc) is 3.22. The molecule has 2 aromatic carbocycles. The third-order valence-electron chi connectivity index (χ3n) is 5.81. The van der Waals surface area contributed by atoms with Crippen molar-refractivity contribution in [2.45, 2.75) is 12.6 Å². The van der Waals surface area contributed by atoms with Gasteiger partial charge in [0, 0.05) is 29.2 Å². The Bertz CT molecular complexity index is 1520. The summed E-state index contributed by atoms with van der Waals surface area (Å²) in [6.45, 7) is 0.204. The van der Waals surface area contributed by atoms with Crippen molar-refractivity contribution in [1.82, 2.24) is 14.9 Å². The number of nitrogens with one attached hydrogen (secondary N) is 2. The number of ether oxygens (including phenoxy) is 1. The number of fused-ring (bicyclic) bond motifs is 4. The summed E-state index contributed by atoms with van der Waals surface area (Å²) in [5.41, 5.74) is 1.86. The van der Waals surface area contributed by atoms with E-state index in [4.69, 9.17) is 10.00 Å². The molecule has 0 saturated heterocycles. The van der Waals surface area contributed by atoms with Gasteiger partial charge in [-0.25, -0.2) is 8.78 Å². The molecule has 0 bridgehead atoms. The summed E-state index contributed by atoms with van der Waals surface area (Å²) >= 11 is 0. The first kappa shape index (κ1) is 19.9. The van der Waals surface area contributed by atoms with Gasteiger partial charge in [-0.3, -0.25) is 9.59 Å². The summed E-state index contributed by atoms with van der Waals surface area (Å²) in [7, 11) is 1.58. The van der Waals surface area contributed by atoms with E-state index in [2.05, 4.69) is 16.0 Å². The molecule has 4 aromatic rings. The molecule has 0 radical (unpaired) electrons. The Morgan fingerprint density at radius 2 is 1.91 bits per heavy atom. The van der Waals surface area contributed by atoms with Gasteiger partial charge in [0.25, 0.3) is 11.5 Å². The Morgan fingerprint density at radius 1 is 1.16 bits per heavy atom. The first-order chi connectivity index (χ1) is 15.4. The third kappa shape index (κ3) is 3.04. The van der Waals surface area contributed by atoms with Gasteiger partial charge in [0.05, 0.1) is 36.3 Å². The highest BCUT2D eigenvalue weighted by atomic mass is 19.2. The summed E-state index contributed by atoms with van der Waals surface area (Å²) < 4.78 is 33.4. The number of halogens is 2. The van der Waals surface area contributed by atoms with Crippen LogP contribution in [-0.2, 0) is 11.3 Å². The van der Waals surface area contributed by atoms with E-state index in [9.17, 15) is 18.4 Å². The monoisotopic (exact) mass is 434 g/mol. The number of hydrogen-bond donors (Lipinski definition) is 2. The number of aromatic amines is 2. The van der Waals surface area contributed by atoms with E-state index >= 15 is 0 Å². The molecule has 160 valence electrons. The van der Waals surface area contributed by atoms with E-state index in [1.807, 2.05) is 0 Å². The molecule has 9 heteroatoms. The Hall–Kier alpha value is -4.03. The maximum Gasteiger partial charge on any atom is 0.270 e. The van der Waals surface area contributed by atoms with Crippen LogP contribution in [0.4, 0.5) is 8.78 Å². The molecule has 2 N–H and O–H groups in total. The molecule has 2 aromatic heterocycles. The average molecular weight is 434 g/mol. The van der Waals surface area contributed by atoms with E-state index < -0.39 is 23.2 Å². The van der Waals surface area contributed by atoms with E-state index in [-0.39, 0.29) is 29.9 Å². The van der Waals surface area contributed by atoms with Crippen molar-refractivity contribution >= 4 is 27.6 Å². The van der Waals surface area contributed by atoms with Crippen LogP contribution < -0.4 is 5.56 Å². The lowest BCUT2D eigenvalue weighted by atomic mass is 9.95. The highest BCUT2D eigenvalue weighted by Crippen LogP contribution is 2.34. The van der Waals surface area contributed by atoms with Gasteiger partial charge in [-0.05, 0) is 41.8 Å². The maximum absolute atomic E-state index is 14.1. The molecule has 3 heterocycles. The maximum atomic E-state index is 14.1. The van der Waals surface area contributed by atoms with Crippen LogP contribution in [-0.4, -0.2) is 34.4 Å². The fourth-order valence-corrected chi connectivity index (χ4v) is 4.20. The predicted octanol–water partition coefficient (Wildman–Crippen LogP) is 3.50. The van der Waals surface area contributed by atoms with Crippen LogP contribution in [0.1, 0.15) is 33.4 Å². The van der Waals surface area contributed by atoms with Gasteiger partial charge >= 0.3 is 0 Å². The number of nitrogens with zero attached hydrogens (tertiary/aromatic N) is 2. The second-order valence-corrected chi connectivity index (χ2v) is 7.70. The normalized spacial score (nSPS) is 15.5. The van der Waals surface area contributed by atoms with Gasteiger partial charge in [0.2, 0.25) is 0 Å². The smallest absolute Gasteiger partial charge is 0.270 e. The largest absolute Gasteiger partial charge is 0.373 e. The minimum absolute atomic E-state index is 0.00467. The molecule has 5 rings (SSSR count). The highest BCUT2D eigenvalue weighted by molar-refractivity contribution is 5.98. The number of H-pyrrole nitrogens is 2. The number of carbonyl (C=O) groups is 1. The zero-order valence-corrected chi connectivity index (χ0v) is 16.8. The fourth-order valence-electron chi connectivity index (χ4n) is 4.20. The molecule has 1 aliphatic heterocycles. The third-order valence-corrected chi connectivity index (χ3v) is 5.81. The molecule has 7 nitrogen and oxygen atoms in total. The quantitative estimate of drug-likeness (QED) is 0.504. The minimum Gasteiger partial charge on any atom is -0.373 e. The van der Waals surface area contributed by atoms with Crippen LogP contribution in [0.2, 0.25) is 0 Å². The van der Waals surface area contributed by atoms with Crippen molar-refractivity contribution in [2.75, 3.05) is 13.7 Å². The lowest BCUT2D eigenvalue weighted by Crippen LogP contribution is -2.37. The molecule has 1 aliphatic rings. The molecule has 0 aliphatic carbocycles. The summed E-state index contributed by atoms with van der Waals surface area (Å²) in [6, 6.07) is 9.97. The fraction of sp³-hybridized carbons (Fsp3) is 0.174. The highest BCUT2D eigenvalue weighted by Gasteiger charge is 2.32. The molecule has 0 fully saturated rings. The molecular weight excluding hydrogens is 418 g/mol. The summed E-state index contributed by atoms with van der Waals surface area (Å²) in [6.07, 6.45) is 0. The Balaban J connectivity index is 1.60. The molecule has 0 saturated carbocycles. The molecular formula is C23H16F2N4O3. The number of likely N-dealkylation sites (N-methyl/N-ethyl adjacent to an activating group) is 1. The lowest BCUT2D eigenvalue weighted by Gasteiger charge is -2.33. The van der Waals surface area contributed by atoms with E-state index in [0.29, 0.717) is 33.4 Å². The van der Waals surface area contributed by atoms with Crippen LogP contribution >= 0.6 is 0 Å². The van der Waals surface area contributed by atoms with Crippen molar-refractivity contribution in [2.24, 2.45) is 0 Å². The number of pyridine rings is 1. The summed E-state index contributed by atoms with van der Waals surface area (Å²) in [4.78, 5) is 32.8. The van der Waals surface area contributed by atoms with Gasteiger partial charge in [-0.2, -0.15) is 5.26 Å². The zero-order chi connectivity index (χ0) is 22.6. The van der Waals surface area contributed by atoms with Crippen LogP contribution in [0.5, 0.6) is 0 Å². The first-order valence-electron chi connectivity index (χ1n) is 9.79. The number of hydrogen-bond acceptors (Lipinski definition) is 4. The second-order valence-electron chi connectivity index (χ2n) is 7.70. The molecule has 0 spiro atoms. The second kappa shape index (κ2) is 7.28. The van der Waals surface area contributed by atoms with E-state index in [0.717, 1.165) is 12.1 Å². The van der Waals surface area contributed by atoms with Crippen LogP contribution in [0.25, 0.3) is 21.7 Å². The standard InChI is InChI=1S/C23H16F2N4O3/c1-29(23(31)18-5-12-4-11(8-26)2-3-17(12)27-18)20-10-32-9-19-21(20)13-6-15(24)16(25)7-14(13)22(30)28-19/h2-7,20,27H,9-10H2,1H3,(H,28,30)/t20-/m1/s1. The van der Waals surface area contributed by atoms with Crippen molar-refractivity contribution in [1.29, 1.82) is 5.26 Å². The Morgan fingerprint density at radius 3 is 2.66 bits per heavy atom. The molecule has 1 amide bonds. The van der Waals surface area contributed by atoms with Crippen molar-refractivity contribution in [3.05, 3.63) is 80.9 Å². The minimum atomic E-state index is -1.12. The van der Waals surface area contributed by atoms with Crippen LogP contribution in [0.3, 0.4) is 0 Å². The number of rotatable bonds is 2. The van der Waals surface area contributed by atoms with Gasteiger partial charge in [0.1, 0.15) is 5.69 Å². The Labute approximate surface area is 179 Å². The Kier molecular flexibility index (Phi) is 4.53. The van der Waals surface area contributed by atoms with Crippen molar-refractivity contribution in [3.8, 4) is 6.07 Å². The van der Waals surface area contributed by atoms with Gasteiger partial charge in [-0.1, -0.05) is 0 Å². The molecule has 1 atom stereocenters. The van der Waals surface area contributed by atoms with Crippen LogP contribution in [0, 0.1) is 23.0 Å². The SMILES string of the molecule is CN(C(=O)c1cc2cc(C#N)ccc2[nH]1)[C@@H]1COCc2[nH]c(=O)c3cc(F)c(F)cc3c21. The predicted molar refractivity (Wildman–Crippen MR) is 112 cm³/mol. The van der Waals surface area contributed by atoms with E-state index in [1.54, 1.807) is 31.3 Å². The van der Waals surface area contributed by atoms with Crippen molar-refractivity contribution < 1.29 is 18.3 Å². The van der Waals surface area contributed by atoms with Gasteiger partial charge in [-0.15, -0.1) is 0 Å². The number of carbonyl (C=O) groups excluding carboxylic acids is 1. The number of aromatic nitrogens is 2. The first-order valence-corrected chi connectivity index (χ1v) is 9.79. The van der Waals surface area contributed by atoms with Gasteiger partial charge < -0.3 is 19.6 Å². The molecule has 32 heavy (non-hydrogen) atoms. The number of nitriles is 1. The topological polar surface area (TPSA) is 102 Å². The zero-order valence-electron chi connectivity index (χ0n) is 16.8. The van der Waals surface area contributed by atoms with E-state index in [1.165, 1.54) is 4.90 Å². The summed E-state index contributed by atoms with van der Waals surface area (Å²) in [5.74, 6) is -2.55. The molecule has 0 unspecified atom stereocenters. The van der Waals surface area contributed by atoms with Crippen molar-refractivity contribution in [3.63, 3.8) is 0 Å².